The lowest BCUT2D eigenvalue weighted by Crippen LogP contribution is -2.17. The van der Waals surface area contributed by atoms with Gasteiger partial charge in [0.15, 0.2) is 11.3 Å². The van der Waals surface area contributed by atoms with E-state index in [1.165, 1.54) is 47.2 Å². The van der Waals surface area contributed by atoms with Crippen LogP contribution in [-0.2, 0) is 6.18 Å². The van der Waals surface area contributed by atoms with E-state index >= 15 is 0 Å². The van der Waals surface area contributed by atoms with E-state index in [1.807, 2.05) is 13.8 Å². The quantitative estimate of drug-likeness (QED) is 0.473. The number of carbonyl (C=O) groups is 1. The van der Waals surface area contributed by atoms with Gasteiger partial charge in [-0.05, 0) is 44.5 Å². The summed E-state index contributed by atoms with van der Waals surface area (Å²) in [4.78, 5) is 25.2. The fraction of sp³-hybridized carbons (Fsp3) is 0.227. The maximum atomic E-state index is 13.5. The fourth-order valence-corrected chi connectivity index (χ4v) is 3.22. The van der Waals surface area contributed by atoms with Gasteiger partial charge in [0.1, 0.15) is 5.82 Å². The Morgan fingerprint density at radius 3 is 2.64 bits per heavy atom. The summed E-state index contributed by atoms with van der Waals surface area (Å²) in [6, 6.07) is 8.23. The molecule has 0 fully saturated rings. The average molecular weight is 456 g/mol. The van der Waals surface area contributed by atoms with Crippen LogP contribution < -0.4 is 10.1 Å². The third-order valence-corrected chi connectivity index (χ3v) is 4.61. The van der Waals surface area contributed by atoms with Crippen molar-refractivity contribution in [1.29, 1.82) is 0 Å². The second kappa shape index (κ2) is 8.49. The van der Waals surface area contributed by atoms with Gasteiger partial charge < -0.3 is 10.1 Å². The molecule has 3 heterocycles. The van der Waals surface area contributed by atoms with Crippen molar-refractivity contribution < 1.29 is 22.7 Å². The smallest absolute Gasteiger partial charge is 0.417 e. The molecule has 1 amide bonds. The number of nitrogens with one attached hydrogen (secondary N) is 1. The molecule has 0 saturated heterocycles. The van der Waals surface area contributed by atoms with Gasteiger partial charge >= 0.3 is 12.2 Å². The second-order valence-electron chi connectivity index (χ2n) is 7.48. The second-order valence-corrected chi connectivity index (χ2v) is 7.48. The minimum Gasteiger partial charge on any atom is -0.461 e. The van der Waals surface area contributed by atoms with Crippen LogP contribution in [0.3, 0.4) is 0 Å². The van der Waals surface area contributed by atoms with Gasteiger partial charge in [-0.15, -0.1) is 0 Å². The number of amides is 1. The highest BCUT2D eigenvalue weighted by atomic mass is 19.4. The van der Waals surface area contributed by atoms with E-state index in [0.29, 0.717) is 11.2 Å². The first-order valence-corrected chi connectivity index (χ1v) is 9.96. The van der Waals surface area contributed by atoms with Gasteiger partial charge in [-0.3, -0.25) is 4.79 Å². The van der Waals surface area contributed by atoms with Crippen molar-refractivity contribution >= 4 is 17.4 Å². The van der Waals surface area contributed by atoms with Crippen molar-refractivity contribution in [3.05, 3.63) is 65.6 Å². The summed E-state index contributed by atoms with van der Waals surface area (Å²) in [6.07, 6.45) is -1.97. The predicted octanol–water partition coefficient (Wildman–Crippen LogP) is 4.55. The minimum absolute atomic E-state index is 0.0318. The van der Waals surface area contributed by atoms with Crippen molar-refractivity contribution in [3.63, 3.8) is 0 Å². The predicted molar refractivity (Wildman–Crippen MR) is 114 cm³/mol. The molecule has 0 radical (unpaired) electrons. The van der Waals surface area contributed by atoms with Crippen LogP contribution in [0.2, 0.25) is 0 Å². The number of nitrogens with zero attached hydrogens (tertiary/aromatic N) is 5. The van der Waals surface area contributed by atoms with Gasteiger partial charge in [0, 0.05) is 11.8 Å². The highest BCUT2D eigenvalue weighted by molar-refractivity contribution is 6.03. The number of benzene rings is 1. The number of alkyl halides is 3. The normalized spacial score (nSPS) is 11.7. The number of imidazole rings is 1. The molecule has 0 aliphatic heterocycles. The number of aryl methyl sites for hydroxylation is 1. The molecule has 0 saturated carbocycles. The highest BCUT2D eigenvalue weighted by Crippen LogP contribution is 2.36. The van der Waals surface area contributed by atoms with Crippen LogP contribution in [0.1, 0.15) is 35.5 Å². The summed E-state index contributed by atoms with van der Waals surface area (Å²) in [5, 5.41) is 6.91. The largest absolute Gasteiger partial charge is 0.461 e. The monoisotopic (exact) mass is 456 g/mol. The zero-order chi connectivity index (χ0) is 23.8. The number of ether oxygens (including phenoxy) is 1. The van der Waals surface area contributed by atoms with Crippen molar-refractivity contribution in [2.75, 3.05) is 5.32 Å². The van der Waals surface area contributed by atoms with Crippen LogP contribution in [-0.4, -0.2) is 36.6 Å². The Bertz CT molecular complexity index is 1330. The third-order valence-electron chi connectivity index (χ3n) is 4.61. The molecule has 11 heteroatoms. The summed E-state index contributed by atoms with van der Waals surface area (Å²) in [6.45, 7) is 5.32. The Hall–Kier alpha value is -4.02. The first kappa shape index (κ1) is 22.2. The standard InChI is InChI=1S/C22H19F3N6O2/c1-12(2)33-21-26-9-8-18(29-21)28-20(32)17-11-27-19-13(3)10-16(30-31(17)19)14-6-4-5-7-15(14)22(23,24)25/h4-12H,1-3H3,(H,26,28,29,32). The Labute approximate surface area is 186 Å². The van der Waals surface area contributed by atoms with E-state index in [0.717, 1.165) is 6.07 Å². The van der Waals surface area contributed by atoms with E-state index in [1.54, 1.807) is 6.92 Å². The van der Waals surface area contributed by atoms with Crippen LogP contribution in [0.25, 0.3) is 16.9 Å². The van der Waals surface area contributed by atoms with Gasteiger partial charge in [0.2, 0.25) is 0 Å². The van der Waals surface area contributed by atoms with Gasteiger partial charge in [0.25, 0.3) is 5.91 Å². The molecule has 0 aliphatic rings. The third kappa shape index (κ3) is 4.61. The van der Waals surface area contributed by atoms with Crippen LogP contribution in [0.4, 0.5) is 19.0 Å². The van der Waals surface area contributed by atoms with Crippen LogP contribution >= 0.6 is 0 Å². The van der Waals surface area contributed by atoms with E-state index in [-0.39, 0.29) is 34.9 Å². The zero-order valence-corrected chi connectivity index (χ0v) is 17.9. The van der Waals surface area contributed by atoms with Crippen LogP contribution in [0, 0.1) is 6.92 Å². The molecular formula is C22H19F3N6O2. The van der Waals surface area contributed by atoms with E-state index in [2.05, 4.69) is 25.4 Å². The maximum Gasteiger partial charge on any atom is 0.417 e. The molecular weight excluding hydrogens is 437 g/mol. The summed E-state index contributed by atoms with van der Waals surface area (Å²) < 4.78 is 47.2. The number of hydrogen-bond donors (Lipinski definition) is 1. The van der Waals surface area contributed by atoms with Crippen LogP contribution in [0.5, 0.6) is 6.01 Å². The van der Waals surface area contributed by atoms with Crippen molar-refractivity contribution in [3.8, 4) is 17.3 Å². The molecule has 3 aromatic heterocycles. The molecule has 4 rings (SSSR count). The molecule has 33 heavy (non-hydrogen) atoms. The maximum absolute atomic E-state index is 13.5. The topological polar surface area (TPSA) is 94.3 Å². The highest BCUT2D eigenvalue weighted by Gasteiger charge is 2.34. The van der Waals surface area contributed by atoms with Crippen molar-refractivity contribution in [2.45, 2.75) is 33.1 Å². The number of halogens is 3. The number of aromatic nitrogens is 5. The number of anilines is 1. The van der Waals surface area contributed by atoms with Gasteiger partial charge in [-0.25, -0.2) is 14.5 Å². The number of hydrogen-bond acceptors (Lipinski definition) is 6. The summed E-state index contributed by atoms with van der Waals surface area (Å²) in [5.41, 5.74) is 0.0898. The average Bonchev–Trinajstić information content (AvgIpc) is 3.18. The molecule has 170 valence electrons. The first-order valence-electron chi connectivity index (χ1n) is 9.96. The molecule has 0 unspecified atom stereocenters. The summed E-state index contributed by atoms with van der Waals surface area (Å²) >= 11 is 0. The Morgan fingerprint density at radius 2 is 1.91 bits per heavy atom. The Kier molecular flexibility index (Phi) is 5.71. The number of rotatable bonds is 5. The Morgan fingerprint density at radius 1 is 1.15 bits per heavy atom. The van der Waals surface area contributed by atoms with Gasteiger partial charge in [0.05, 0.1) is 23.6 Å². The van der Waals surface area contributed by atoms with E-state index < -0.39 is 17.6 Å². The SMILES string of the molecule is Cc1cc(-c2ccccc2C(F)(F)F)nn2c(C(=O)Nc3ccnc(OC(C)C)n3)cnc12. The molecule has 0 atom stereocenters. The lowest BCUT2D eigenvalue weighted by Gasteiger charge is -2.13. The number of carbonyl (C=O) groups excluding carboxylic acids is 1. The lowest BCUT2D eigenvalue weighted by molar-refractivity contribution is -0.137. The zero-order valence-electron chi connectivity index (χ0n) is 17.9. The molecule has 0 aliphatic carbocycles. The minimum atomic E-state index is -4.56. The molecule has 4 aromatic rings. The lowest BCUT2D eigenvalue weighted by atomic mass is 10.0. The first-order chi connectivity index (χ1) is 15.6. The molecule has 1 aromatic carbocycles. The summed E-state index contributed by atoms with van der Waals surface area (Å²) in [5.74, 6) is -0.402. The summed E-state index contributed by atoms with van der Waals surface area (Å²) in [7, 11) is 0. The molecule has 1 N–H and O–H groups in total. The van der Waals surface area contributed by atoms with E-state index in [4.69, 9.17) is 4.74 Å². The Balaban J connectivity index is 1.73. The van der Waals surface area contributed by atoms with Gasteiger partial charge in [-0.1, -0.05) is 18.2 Å². The molecule has 8 nitrogen and oxygen atoms in total. The van der Waals surface area contributed by atoms with Crippen LogP contribution in [0.15, 0.2) is 48.8 Å². The van der Waals surface area contributed by atoms with Crippen molar-refractivity contribution in [2.24, 2.45) is 0 Å². The fourth-order valence-electron chi connectivity index (χ4n) is 3.22. The molecule has 0 spiro atoms. The van der Waals surface area contributed by atoms with Gasteiger partial charge in [-0.2, -0.15) is 23.3 Å². The van der Waals surface area contributed by atoms with E-state index in [9.17, 15) is 18.0 Å². The van der Waals surface area contributed by atoms with Crippen molar-refractivity contribution in [1.82, 2.24) is 24.6 Å². The number of fused-ring (bicyclic) bond motifs is 1. The molecule has 0 bridgehead atoms.